The normalized spacial score (nSPS) is 10.3. The maximum absolute atomic E-state index is 12.5. The van der Waals surface area contributed by atoms with E-state index in [1.165, 1.54) is 33.5 Å². The predicted octanol–water partition coefficient (Wildman–Crippen LogP) is 1.88. The highest BCUT2D eigenvalue weighted by atomic mass is 16.5. The number of ether oxygens (including phenoxy) is 3. The van der Waals surface area contributed by atoms with Gasteiger partial charge in [0.05, 0.1) is 27.9 Å². The number of benzene rings is 2. The molecule has 0 saturated heterocycles. The number of aromatic nitrogens is 3. The number of hydrogen-bond acceptors (Lipinski definition) is 7. The minimum Gasteiger partial charge on any atom is -0.493 e. The van der Waals surface area contributed by atoms with Crippen LogP contribution >= 0.6 is 0 Å². The van der Waals surface area contributed by atoms with E-state index in [1.807, 2.05) is 13.1 Å². The topological polar surface area (TPSA) is 117 Å². The molecule has 0 radical (unpaired) electrons. The molecule has 3 aromatic rings. The van der Waals surface area contributed by atoms with Gasteiger partial charge in [-0.2, -0.15) is 0 Å². The molecule has 0 bridgehead atoms. The van der Waals surface area contributed by atoms with Crippen molar-refractivity contribution < 1.29 is 23.8 Å². The van der Waals surface area contributed by atoms with E-state index in [0.29, 0.717) is 28.8 Å². The number of nitrogens with one attached hydrogen (secondary N) is 2. The van der Waals surface area contributed by atoms with Gasteiger partial charge in [0.2, 0.25) is 11.7 Å². The lowest BCUT2D eigenvalue weighted by molar-refractivity contribution is -0.115. The molecule has 2 amide bonds. The highest BCUT2D eigenvalue weighted by Gasteiger charge is 2.17. The molecule has 0 spiro atoms. The number of nitrogens with zero attached hydrogens (tertiary/aromatic N) is 3. The van der Waals surface area contributed by atoms with Gasteiger partial charge in [-0.1, -0.05) is 12.1 Å². The van der Waals surface area contributed by atoms with Crippen molar-refractivity contribution in [1.29, 1.82) is 0 Å². The van der Waals surface area contributed by atoms with Gasteiger partial charge in [0.1, 0.15) is 6.33 Å². The van der Waals surface area contributed by atoms with Crippen molar-refractivity contribution in [2.24, 2.45) is 7.05 Å². The SMILES string of the molecule is COc1cc(C(=O)NCC(=O)Nc2cccc(-c3nncn3C)c2)cc(OC)c1OC. The summed E-state index contributed by atoms with van der Waals surface area (Å²) in [5.41, 5.74) is 1.65. The number of amides is 2. The van der Waals surface area contributed by atoms with Crippen LogP contribution in [0, 0.1) is 0 Å². The lowest BCUT2D eigenvalue weighted by Crippen LogP contribution is -2.32. The minimum atomic E-state index is -0.456. The molecule has 0 saturated carbocycles. The molecule has 0 aliphatic rings. The predicted molar refractivity (Wildman–Crippen MR) is 113 cm³/mol. The quantitative estimate of drug-likeness (QED) is 0.566. The van der Waals surface area contributed by atoms with E-state index in [0.717, 1.165) is 5.56 Å². The molecular weight excluding hydrogens is 402 g/mol. The van der Waals surface area contributed by atoms with E-state index >= 15 is 0 Å². The molecule has 2 N–H and O–H groups in total. The van der Waals surface area contributed by atoms with E-state index in [9.17, 15) is 9.59 Å². The van der Waals surface area contributed by atoms with E-state index < -0.39 is 5.91 Å². The Morgan fingerprint density at radius 2 is 1.74 bits per heavy atom. The Morgan fingerprint density at radius 3 is 2.32 bits per heavy atom. The highest BCUT2D eigenvalue weighted by Crippen LogP contribution is 2.38. The van der Waals surface area contributed by atoms with Gasteiger partial charge in [-0.15, -0.1) is 10.2 Å². The van der Waals surface area contributed by atoms with Crippen LogP contribution < -0.4 is 24.8 Å². The Morgan fingerprint density at radius 1 is 1.03 bits per heavy atom. The van der Waals surface area contributed by atoms with Crippen molar-refractivity contribution in [2.75, 3.05) is 33.2 Å². The van der Waals surface area contributed by atoms with Crippen LogP contribution in [0.5, 0.6) is 17.2 Å². The first-order chi connectivity index (χ1) is 15.0. The summed E-state index contributed by atoms with van der Waals surface area (Å²) in [6, 6.07) is 10.2. The summed E-state index contributed by atoms with van der Waals surface area (Å²) in [4.78, 5) is 24.9. The molecule has 0 aliphatic heterocycles. The van der Waals surface area contributed by atoms with Crippen LogP contribution in [0.1, 0.15) is 10.4 Å². The van der Waals surface area contributed by atoms with Crippen molar-refractivity contribution in [1.82, 2.24) is 20.1 Å². The average molecular weight is 425 g/mol. The largest absolute Gasteiger partial charge is 0.493 e. The standard InChI is InChI=1S/C21H23N5O5/c1-26-12-23-25-20(26)13-6-5-7-15(8-13)24-18(27)11-22-21(28)14-9-16(29-2)19(31-4)17(10-14)30-3/h5-10,12H,11H2,1-4H3,(H,22,28)(H,24,27). The fourth-order valence-corrected chi connectivity index (χ4v) is 2.96. The van der Waals surface area contributed by atoms with Crippen molar-refractivity contribution in [2.45, 2.75) is 0 Å². The van der Waals surface area contributed by atoms with E-state index in [2.05, 4.69) is 20.8 Å². The number of carbonyl (C=O) groups excluding carboxylic acids is 2. The number of rotatable bonds is 8. The Balaban J connectivity index is 1.65. The van der Waals surface area contributed by atoms with Crippen LogP contribution in [0.4, 0.5) is 5.69 Å². The van der Waals surface area contributed by atoms with Gasteiger partial charge in [0, 0.05) is 23.9 Å². The third kappa shape index (κ3) is 4.92. The Kier molecular flexibility index (Phi) is 6.71. The molecule has 0 fully saturated rings. The number of carbonyl (C=O) groups is 2. The molecule has 162 valence electrons. The average Bonchev–Trinajstić information content (AvgIpc) is 3.22. The van der Waals surface area contributed by atoms with Crippen molar-refractivity contribution in [3.8, 4) is 28.6 Å². The monoisotopic (exact) mass is 425 g/mol. The smallest absolute Gasteiger partial charge is 0.251 e. The molecular formula is C21H23N5O5. The summed E-state index contributed by atoms with van der Waals surface area (Å²) in [5, 5.41) is 13.2. The summed E-state index contributed by atoms with van der Waals surface area (Å²) < 4.78 is 17.5. The van der Waals surface area contributed by atoms with Crippen LogP contribution in [0.2, 0.25) is 0 Å². The van der Waals surface area contributed by atoms with Gasteiger partial charge in [0.25, 0.3) is 5.91 Å². The first-order valence-electron chi connectivity index (χ1n) is 9.29. The third-order valence-electron chi connectivity index (χ3n) is 4.45. The first-order valence-corrected chi connectivity index (χ1v) is 9.29. The highest BCUT2D eigenvalue weighted by molar-refractivity contribution is 6.00. The third-order valence-corrected chi connectivity index (χ3v) is 4.45. The van der Waals surface area contributed by atoms with Gasteiger partial charge in [-0.05, 0) is 24.3 Å². The number of methoxy groups -OCH3 is 3. The molecule has 0 atom stereocenters. The second-order valence-electron chi connectivity index (χ2n) is 6.49. The lowest BCUT2D eigenvalue weighted by atomic mass is 10.1. The van der Waals surface area contributed by atoms with E-state index in [4.69, 9.17) is 14.2 Å². The molecule has 3 rings (SSSR count). The molecule has 2 aromatic carbocycles. The van der Waals surface area contributed by atoms with Crippen LogP contribution in [0.15, 0.2) is 42.7 Å². The fourth-order valence-electron chi connectivity index (χ4n) is 2.96. The summed E-state index contributed by atoms with van der Waals surface area (Å²) in [6.07, 6.45) is 1.60. The van der Waals surface area contributed by atoms with Gasteiger partial charge in [-0.3, -0.25) is 9.59 Å². The molecule has 0 aliphatic carbocycles. The summed E-state index contributed by atoms with van der Waals surface area (Å²) in [5.74, 6) is 0.904. The van der Waals surface area contributed by atoms with Crippen LogP contribution in [0.25, 0.3) is 11.4 Å². The molecule has 10 heteroatoms. The molecule has 0 unspecified atom stereocenters. The summed E-state index contributed by atoms with van der Waals surface area (Å²) >= 11 is 0. The zero-order chi connectivity index (χ0) is 22.4. The maximum Gasteiger partial charge on any atom is 0.251 e. The number of hydrogen-bond donors (Lipinski definition) is 2. The zero-order valence-corrected chi connectivity index (χ0v) is 17.6. The molecule has 10 nitrogen and oxygen atoms in total. The molecule has 1 heterocycles. The number of anilines is 1. The summed E-state index contributed by atoms with van der Waals surface area (Å²) in [7, 11) is 6.23. The fraction of sp³-hybridized carbons (Fsp3) is 0.238. The Bertz CT molecular complexity index is 1070. The minimum absolute atomic E-state index is 0.219. The first kappa shape index (κ1) is 21.6. The van der Waals surface area contributed by atoms with Crippen LogP contribution in [0.3, 0.4) is 0 Å². The van der Waals surface area contributed by atoms with Crippen LogP contribution in [-0.2, 0) is 11.8 Å². The van der Waals surface area contributed by atoms with Gasteiger partial charge >= 0.3 is 0 Å². The molecule has 31 heavy (non-hydrogen) atoms. The van der Waals surface area contributed by atoms with Gasteiger partial charge in [-0.25, -0.2) is 0 Å². The second-order valence-corrected chi connectivity index (χ2v) is 6.49. The number of aryl methyl sites for hydroxylation is 1. The Labute approximate surface area is 179 Å². The van der Waals surface area contributed by atoms with Crippen LogP contribution in [-0.4, -0.2) is 54.5 Å². The van der Waals surface area contributed by atoms with E-state index in [-0.39, 0.29) is 18.0 Å². The maximum atomic E-state index is 12.5. The Hall–Kier alpha value is -4.08. The molecule has 1 aromatic heterocycles. The van der Waals surface area contributed by atoms with E-state index in [1.54, 1.807) is 29.1 Å². The lowest BCUT2D eigenvalue weighted by Gasteiger charge is -2.14. The van der Waals surface area contributed by atoms with Crippen molar-refractivity contribution >= 4 is 17.5 Å². The van der Waals surface area contributed by atoms with Gasteiger partial charge < -0.3 is 29.4 Å². The summed E-state index contributed by atoms with van der Waals surface area (Å²) in [6.45, 7) is -0.219. The van der Waals surface area contributed by atoms with Crippen molar-refractivity contribution in [3.05, 3.63) is 48.3 Å². The second kappa shape index (κ2) is 9.61. The zero-order valence-electron chi connectivity index (χ0n) is 17.6. The van der Waals surface area contributed by atoms with Gasteiger partial charge in [0.15, 0.2) is 17.3 Å². The van der Waals surface area contributed by atoms with Crippen molar-refractivity contribution in [3.63, 3.8) is 0 Å².